The van der Waals surface area contributed by atoms with Gasteiger partial charge in [-0.2, -0.15) is 0 Å². The number of fused-ring (bicyclic) bond motifs is 2. The monoisotopic (exact) mass is 208 g/mol. The number of allylic oxidation sites excluding steroid dienone is 2. The minimum atomic E-state index is -0.598. The second kappa shape index (κ2) is 3.36. The van der Waals surface area contributed by atoms with E-state index in [1.807, 2.05) is 0 Å². The minimum absolute atomic E-state index is 0.0294. The molecule has 84 valence electrons. The Kier molecular flexibility index (Phi) is 2.40. The molecule has 2 heteroatoms. The van der Waals surface area contributed by atoms with Gasteiger partial charge in [0.15, 0.2) is 0 Å². The molecule has 3 unspecified atom stereocenters. The highest BCUT2D eigenvalue weighted by Gasteiger charge is 2.51. The Bertz CT molecular complexity index is 308. The number of carbonyl (C=O) groups is 1. The van der Waals surface area contributed by atoms with Gasteiger partial charge in [-0.15, -0.1) is 0 Å². The molecule has 2 nitrogen and oxygen atoms in total. The molecule has 0 aromatic heterocycles. The zero-order chi connectivity index (χ0) is 11.1. The molecule has 0 saturated heterocycles. The zero-order valence-corrected chi connectivity index (χ0v) is 9.62. The van der Waals surface area contributed by atoms with E-state index in [0.717, 1.165) is 32.1 Å². The number of rotatable bonds is 3. The molecule has 1 N–H and O–H groups in total. The van der Waals surface area contributed by atoms with Crippen LogP contribution in [0.25, 0.3) is 0 Å². The van der Waals surface area contributed by atoms with Crippen molar-refractivity contribution in [2.24, 2.45) is 16.7 Å². The van der Waals surface area contributed by atoms with E-state index in [4.69, 9.17) is 0 Å². The molecule has 1 saturated carbocycles. The Morgan fingerprint density at radius 1 is 1.47 bits per heavy atom. The molecule has 3 aliphatic rings. The van der Waals surface area contributed by atoms with E-state index in [1.165, 1.54) is 0 Å². The van der Waals surface area contributed by atoms with Gasteiger partial charge in [0.05, 0.1) is 5.92 Å². The maximum atomic E-state index is 11.3. The largest absolute Gasteiger partial charge is 0.481 e. The molecule has 3 rings (SSSR count). The number of aliphatic carboxylic acids is 1. The van der Waals surface area contributed by atoms with Crippen LogP contribution in [0.5, 0.6) is 0 Å². The van der Waals surface area contributed by atoms with Crippen molar-refractivity contribution in [2.75, 3.05) is 0 Å². The van der Waals surface area contributed by atoms with Gasteiger partial charge in [-0.05, 0) is 31.1 Å². The molecule has 0 aromatic rings. The number of carboxylic acid groups (broad SMARTS) is 1. The highest BCUT2D eigenvalue weighted by molar-refractivity contribution is 5.72. The van der Waals surface area contributed by atoms with Crippen LogP contribution in [-0.2, 0) is 4.79 Å². The van der Waals surface area contributed by atoms with Crippen LogP contribution >= 0.6 is 0 Å². The zero-order valence-electron chi connectivity index (χ0n) is 9.62. The summed E-state index contributed by atoms with van der Waals surface area (Å²) in [6.45, 7) is 4.33. The molecule has 0 spiro atoms. The molecule has 3 atom stereocenters. The average Bonchev–Trinajstić information content (AvgIpc) is 2.20. The van der Waals surface area contributed by atoms with Crippen LogP contribution in [-0.4, -0.2) is 11.1 Å². The Balaban J connectivity index is 2.33. The first-order chi connectivity index (χ1) is 7.01. The van der Waals surface area contributed by atoms with Gasteiger partial charge in [0.2, 0.25) is 0 Å². The lowest BCUT2D eigenvalue weighted by Crippen LogP contribution is -2.46. The summed E-state index contributed by atoms with van der Waals surface area (Å²) in [5.74, 6) is -0.750. The van der Waals surface area contributed by atoms with Gasteiger partial charge in [0.25, 0.3) is 0 Å². The van der Waals surface area contributed by atoms with E-state index < -0.39 is 5.97 Å². The molecule has 0 aliphatic heterocycles. The molecule has 3 aliphatic carbocycles. The Morgan fingerprint density at radius 2 is 2.20 bits per heavy atom. The molecular formula is C13H20O2. The van der Waals surface area contributed by atoms with Crippen molar-refractivity contribution in [1.82, 2.24) is 0 Å². The van der Waals surface area contributed by atoms with Crippen LogP contribution in [0.2, 0.25) is 0 Å². The number of hydrogen-bond acceptors (Lipinski definition) is 1. The highest BCUT2D eigenvalue weighted by Crippen LogP contribution is 2.57. The summed E-state index contributed by atoms with van der Waals surface area (Å²) in [6, 6.07) is 0. The van der Waals surface area contributed by atoms with E-state index in [0.29, 0.717) is 0 Å². The standard InChI is InChI=1S/C13H20O2/c1-3-4-13-7-5-12(2,6-8-13)9-10(13)11(14)15/h5,7,10H,3-4,6,8-9H2,1-2H3,(H,14,15). The minimum Gasteiger partial charge on any atom is -0.481 e. The lowest BCUT2D eigenvalue weighted by Gasteiger charge is -2.51. The molecule has 1 fully saturated rings. The third kappa shape index (κ3) is 1.60. The van der Waals surface area contributed by atoms with Gasteiger partial charge in [0, 0.05) is 5.41 Å². The van der Waals surface area contributed by atoms with Crippen molar-refractivity contribution < 1.29 is 9.90 Å². The van der Waals surface area contributed by atoms with Crippen molar-refractivity contribution >= 4 is 5.97 Å². The van der Waals surface area contributed by atoms with Crippen LogP contribution < -0.4 is 0 Å². The number of hydrogen-bond donors (Lipinski definition) is 1. The van der Waals surface area contributed by atoms with Crippen LogP contribution in [0.15, 0.2) is 12.2 Å². The lowest BCUT2D eigenvalue weighted by atomic mass is 9.52. The summed E-state index contributed by atoms with van der Waals surface area (Å²) in [4.78, 5) is 11.3. The molecular weight excluding hydrogens is 188 g/mol. The Hall–Kier alpha value is -0.790. The average molecular weight is 208 g/mol. The maximum absolute atomic E-state index is 11.3. The quantitative estimate of drug-likeness (QED) is 0.723. The van der Waals surface area contributed by atoms with Crippen molar-refractivity contribution in [3.63, 3.8) is 0 Å². The van der Waals surface area contributed by atoms with Gasteiger partial charge in [0.1, 0.15) is 0 Å². The maximum Gasteiger partial charge on any atom is 0.307 e. The van der Waals surface area contributed by atoms with E-state index in [9.17, 15) is 9.90 Å². The molecule has 0 amide bonds. The van der Waals surface area contributed by atoms with Crippen molar-refractivity contribution in [3.8, 4) is 0 Å². The van der Waals surface area contributed by atoms with Gasteiger partial charge in [-0.25, -0.2) is 0 Å². The predicted octanol–water partition coefficient (Wildman–Crippen LogP) is 3.23. The third-order valence-electron chi connectivity index (χ3n) is 4.36. The topological polar surface area (TPSA) is 37.3 Å². The summed E-state index contributed by atoms with van der Waals surface area (Å²) < 4.78 is 0. The lowest BCUT2D eigenvalue weighted by molar-refractivity contribution is -0.150. The van der Waals surface area contributed by atoms with E-state index in [1.54, 1.807) is 0 Å². The third-order valence-corrected chi connectivity index (χ3v) is 4.36. The van der Waals surface area contributed by atoms with Gasteiger partial charge in [-0.3, -0.25) is 4.79 Å². The molecule has 0 aromatic carbocycles. The fourth-order valence-electron chi connectivity index (χ4n) is 3.36. The van der Waals surface area contributed by atoms with Gasteiger partial charge in [-0.1, -0.05) is 32.4 Å². The van der Waals surface area contributed by atoms with Crippen LogP contribution in [0.3, 0.4) is 0 Å². The Labute approximate surface area is 91.4 Å². The van der Waals surface area contributed by atoms with Crippen LogP contribution in [0.1, 0.15) is 46.0 Å². The highest BCUT2D eigenvalue weighted by atomic mass is 16.4. The first-order valence-corrected chi connectivity index (χ1v) is 5.95. The van der Waals surface area contributed by atoms with Crippen LogP contribution in [0.4, 0.5) is 0 Å². The van der Waals surface area contributed by atoms with Crippen LogP contribution in [0, 0.1) is 16.7 Å². The SMILES string of the molecule is CCCC12C=CC(C)(CC1)CC2C(=O)O. The molecule has 0 radical (unpaired) electrons. The van der Waals surface area contributed by atoms with E-state index >= 15 is 0 Å². The summed E-state index contributed by atoms with van der Waals surface area (Å²) in [5.41, 5.74) is 0.122. The van der Waals surface area contributed by atoms with Gasteiger partial charge >= 0.3 is 5.97 Å². The predicted molar refractivity (Wildman–Crippen MR) is 59.6 cm³/mol. The summed E-state index contributed by atoms with van der Waals surface area (Å²) >= 11 is 0. The number of carboxylic acids is 1. The van der Waals surface area contributed by atoms with Crippen molar-refractivity contribution in [3.05, 3.63) is 12.2 Å². The normalized spacial score (nSPS) is 43.2. The van der Waals surface area contributed by atoms with Gasteiger partial charge < -0.3 is 5.11 Å². The first kappa shape index (κ1) is 10.7. The first-order valence-electron chi connectivity index (χ1n) is 5.95. The molecule has 15 heavy (non-hydrogen) atoms. The van der Waals surface area contributed by atoms with Crippen molar-refractivity contribution in [1.29, 1.82) is 0 Å². The summed E-state index contributed by atoms with van der Waals surface area (Å²) in [6.07, 6.45) is 9.63. The second-order valence-electron chi connectivity index (χ2n) is 5.57. The smallest absolute Gasteiger partial charge is 0.307 e. The molecule has 0 heterocycles. The fourth-order valence-corrected chi connectivity index (χ4v) is 3.36. The summed E-state index contributed by atoms with van der Waals surface area (Å²) in [7, 11) is 0. The molecule has 2 bridgehead atoms. The second-order valence-corrected chi connectivity index (χ2v) is 5.57. The van der Waals surface area contributed by atoms with E-state index in [2.05, 4.69) is 26.0 Å². The fraction of sp³-hybridized carbons (Fsp3) is 0.769. The Morgan fingerprint density at radius 3 is 2.67 bits per heavy atom. The van der Waals surface area contributed by atoms with E-state index in [-0.39, 0.29) is 16.7 Å². The summed E-state index contributed by atoms with van der Waals surface area (Å²) in [5, 5.41) is 9.33. The van der Waals surface area contributed by atoms with Crippen molar-refractivity contribution in [2.45, 2.75) is 46.0 Å².